The minimum Gasteiger partial charge on any atom is -0.360 e. The van der Waals surface area contributed by atoms with Gasteiger partial charge in [-0.05, 0) is 48.8 Å². The number of thiocarbonyl (C=S) groups is 1. The molecule has 0 amide bonds. The van der Waals surface area contributed by atoms with E-state index in [-0.39, 0.29) is 6.04 Å². The molecule has 2 aromatic rings. The summed E-state index contributed by atoms with van der Waals surface area (Å²) < 4.78 is 0. The molecule has 0 saturated carbocycles. The zero-order chi connectivity index (χ0) is 14.5. The maximum Gasteiger partial charge on any atom is 0.166 e. The van der Waals surface area contributed by atoms with Gasteiger partial charge in [0, 0.05) is 6.04 Å². The van der Waals surface area contributed by atoms with Crippen molar-refractivity contribution in [1.82, 2.24) is 10.6 Å². The van der Waals surface area contributed by atoms with Gasteiger partial charge >= 0.3 is 0 Å². The highest BCUT2D eigenvalue weighted by atomic mass is 32.1. The second-order valence-electron chi connectivity index (χ2n) is 5.22. The van der Waals surface area contributed by atoms with Crippen molar-refractivity contribution in [3.8, 4) is 0 Å². The van der Waals surface area contributed by atoms with Gasteiger partial charge < -0.3 is 10.6 Å². The van der Waals surface area contributed by atoms with Crippen LogP contribution in [0.4, 0.5) is 0 Å². The van der Waals surface area contributed by atoms with E-state index in [1.165, 1.54) is 16.3 Å². The molecule has 0 aliphatic heterocycles. The van der Waals surface area contributed by atoms with E-state index in [0.717, 1.165) is 11.5 Å². The maximum absolute atomic E-state index is 5.37. The van der Waals surface area contributed by atoms with Crippen LogP contribution in [0.3, 0.4) is 0 Å². The highest BCUT2D eigenvalue weighted by Gasteiger charge is 2.11. The largest absolute Gasteiger partial charge is 0.360 e. The summed E-state index contributed by atoms with van der Waals surface area (Å²) in [5.74, 6) is 0. The maximum atomic E-state index is 5.37. The van der Waals surface area contributed by atoms with Crippen molar-refractivity contribution in [2.45, 2.75) is 39.3 Å². The van der Waals surface area contributed by atoms with Gasteiger partial charge in [-0.3, -0.25) is 0 Å². The molecule has 0 spiro atoms. The Kier molecular flexibility index (Phi) is 4.96. The molecule has 0 aromatic heterocycles. The average Bonchev–Trinajstić information content (AvgIpc) is 2.46. The summed E-state index contributed by atoms with van der Waals surface area (Å²) in [5, 5.41) is 9.94. The lowest BCUT2D eigenvalue weighted by atomic mass is 10.00. The Bertz CT molecular complexity index is 589. The number of hydrogen-bond donors (Lipinski definition) is 2. The fourth-order valence-corrected chi connectivity index (χ4v) is 2.65. The molecule has 0 heterocycles. The van der Waals surface area contributed by atoms with Crippen molar-refractivity contribution in [3.05, 3.63) is 48.0 Å². The van der Waals surface area contributed by atoms with Crippen LogP contribution < -0.4 is 10.6 Å². The van der Waals surface area contributed by atoms with E-state index in [1.54, 1.807) is 0 Å². The fourth-order valence-electron chi connectivity index (χ4n) is 2.27. The molecule has 0 bridgehead atoms. The van der Waals surface area contributed by atoms with Gasteiger partial charge in [0.25, 0.3) is 0 Å². The van der Waals surface area contributed by atoms with E-state index >= 15 is 0 Å². The quantitative estimate of drug-likeness (QED) is 0.825. The molecule has 2 nitrogen and oxygen atoms in total. The van der Waals surface area contributed by atoms with Gasteiger partial charge in [-0.25, -0.2) is 0 Å². The van der Waals surface area contributed by atoms with Gasteiger partial charge in [-0.15, -0.1) is 0 Å². The van der Waals surface area contributed by atoms with Crippen molar-refractivity contribution in [2.75, 3.05) is 0 Å². The van der Waals surface area contributed by atoms with Crippen molar-refractivity contribution < 1.29 is 0 Å². The van der Waals surface area contributed by atoms with Crippen molar-refractivity contribution in [3.63, 3.8) is 0 Å². The lowest BCUT2D eigenvalue weighted by molar-refractivity contribution is 0.616. The predicted octanol–water partition coefficient (Wildman–Crippen LogP) is 4.16. The first-order valence-electron chi connectivity index (χ1n) is 7.16. The smallest absolute Gasteiger partial charge is 0.166 e. The molecule has 20 heavy (non-hydrogen) atoms. The summed E-state index contributed by atoms with van der Waals surface area (Å²) in [6.07, 6.45) is 1.06. The molecule has 0 fully saturated rings. The summed E-state index contributed by atoms with van der Waals surface area (Å²) >= 11 is 5.37. The van der Waals surface area contributed by atoms with E-state index in [9.17, 15) is 0 Å². The number of benzene rings is 2. The molecule has 0 aliphatic carbocycles. The van der Waals surface area contributed by atoms with Crippen LogP contribution in [0, 0.1) is 0 Å². The number of hydrogen-bond acceptors (Lipinski definition) is 1. The minimum absolute atomic E-state index is 0.185. The van der Waals surface area contributed by atoms with E-state index in [1.807, 2.05) is 0 Å². The molecule has 2 aromatic carbocycles. The van der Waals surface area contributed by atoms with Gasteiger partial charge in [0.2, 0.25) is 0 Å². The third-order valence-corrected chi connectivity index (χ3v) is 3.86. The Morgan fingerprint density at radius 3 is 2.50 bits per heavy atom. The molecule has 106 valence electrons. The van der Waals surface area contributed by atoms with Gasteiger partial charge in [0.05, 0.1) is 6.04 Å². The highest BCUT2D eigenvalue weighted by molar-refractivity contribution is 7.80. The van der Waals surface area contributed by atoms with Crippen molar-refractivity contribution >= 4 is 28.1 Å². The molecule has 0 radical (unpaired) electrons. The molecule has 0 unspecified atom stereocenters. The van der Waals surface area contributed by atoms with Crippen LogP contribution in [-0.4, -0.2) is 11.2 Å². The van der Waals surface area contributed by atoms with Gasteiger partial charge in [0.1, 0.15) is 0 Å². The van der Waals surface area contributed by atoms with Crippen LogP contribution in [0.15, 0.2) is 42.5 Å². The zero-order valence-corrected chi connectivity index (χ0v) is 13.1. The van der Waals surface area contributed by atoms with Crippen molar-refractivity contribution in [2.24, 2.45) is 0 Å². The standard InChI is InChI=1S/C17H22N2S/c1-4-12(2)18-17(20)19-13(3)15-11-7-9-14-8-5-6-10-16(14)15/h5-13H,4H2,1-3H3,(H2,18,19,20)/t12-,13-/m1/s1. The first-order chi connectivity index (χ1) is 9.61. The van der Waals surface area contributed by atoms with Crippen LogP contribution in [0.5, 0.6) is 0 Å². The number of fused-ring (bicyclic) bond motifs is 1. The molecular weight excluding hydrogens is 264 g/mol. The monoisotopic (exact) mass is 286 g/mol. The lowest BCUT2D eigenvalue weighted by Crippen LogP contribution is -2.41. The van der Waals surface area contributed by atoms with E-state index in [4.69, 9.17) is 12.2 Å². The van der Waals surface area contributed by atoms with Crippen LogP contribution in [0.25, 0.3) is 10.8 Å². The van der Waals surface area contributed by atoms with Gasteiger partial charge in [0.15, 0.2) is 5.11 Å². The highest BCUT2D eigenvalue weighted by Crippen LogP contribution is 2.23. The van der Waals surface area contributed by atoms with E-state index in [0.29, 0.717) is 6.04 Å². The topological polar surface area (TPSA) is 24.1 Å². The Labute approximate surface area is 126 Å². The van der Waals surface area contributed by atoms with E-state index < -0.39 is 0 Å². The molecule has 0 aliphatic rings. The third-order valence-electron chi connectivity index (χ3n) is 3.63. The van der Waals surface area contributed by atoms with E-state index in [2.05, 4.69) is 73.9 Å². The predicted molar refractivity (Wildman–Crippen MR) is 91.0 cm³/mol. The molecule has 2 atom stereocenters. The first kappa shape index (κ1) is 14.8. The fraction of sp³-hybridized carbons (Fsp3) is 0.353. The van der Waals surface area contributed by atoms with Crippen LogP contribution in [-0.2, 0) is 0 Å². The number of nitrogens with one attached hydrogen (secondary N) is 2. The summed E-state index contributed by atoms with van der Waals surface area (Å²) in [5.41, 5.74) is 1.27. The second kappa shape index (κ2) is 6.71. The Hall–Kier alpha value is -1.61. The van der Waals surface area contributed by atoms with Crippen LogP contribution in [0.2, 0.25) is 0 Å². The second-order valence-corrected chi connectivity index (χ2v) is 5.63. The van der Waals surface area contributed by atoms with Crippen LogP contribution in [0.1, 0.15) is 38.8 Å². The molecule has 0 saturated heterocycles. The number of rotatable bonds is 4. The van der Waals surface area contributed by atoms with Gasteiger partial charge in [-0.2, -0.15) is 0 Å². The van der Waals surface area contributed by atoms with Crippen molar-refractivity contribution in [1.29, 1.82) is 0 Å². The molecule has 2 N–H and O–H groups in total. The Morgan fingerprint density at radius 2 is 1.75 bits per heavy atom. The summed E-state index contributed by atoms with van der Waals surface area (Å²) in [7, 11) is 0. The Balaban J connectivity index is 2.15. The normalized spacial score (nSPS) is 13.8. The van der Waals surface area contributed by atoms with Crippen LogP contribution >= 0.6 is 12.2 Å². The summed E-state index contributed by atoms with van der Waals surface area (Å²) in [6, 6.07) is 15.4. The molecular formula is C17H22N2S. The first-order valence-corrected chi connectivity index (χ1v) is 7.57. The third kappa shape index (κ3) is 3.48. The summed E-state index contributed by atoms with van der Waals surface area (Å²) in [6.45, 7) is 6.43. The minimum atomic E-state index is 0.185. The molecule has 2 rings (SSSR count). The average molecular weight is 286 g/mol. The van der Waals surface area contributed by atoms with Gasteiger partial charge in [-0.1, -0.05) is 49.4 Å². The SMILES string of the molecule is CC[C@@H](C)NC(=S)N[C@H](C)c1cccc2ccccc12. The lowest BCUT2D eigenvalue weighted by Gasteiger charge is -2.21. The summed E-state index contributed by atoms with van der Waals surface area (Å²) in [4.78, 5) is 0. The zero-order valence-electron chi connectivity index (χ0n) is 12.3. The Morgan fingerprint density at radius 1 is 1.05 bits per heavy atom. The molecule has 3 heteroatoms.